The molecular weight excluding hydrogens is 580 g/mol. The smallest absolute Gasteiger partial charge is 0.161 e. The van der Waals surface area contributed by atoms with Gasteiger partial charge in [-0.2, -0.15) is 4.99 Å². The summed E-state index contributed by atoms with van der Waals surface area (Å²) in [5.74, 6) is -5.01. The Morgan fingerprint density at radius 3 is 1.74 bits per heavy atom. The minimum atomic E-state index is -0.936. The van der Waals surface area contributed by atoms with Gasteiger partial charge in [-0.3, -0.25) is 0 Å². The number of aryl methyl sites for hydroxylation is 1. The van der Waals surface area contributed by atoms with Gasteiger partial charge in [-0.1, -0.05) is 74.7 Å². The molecule has 0 aromatic heterocycles. The Morgan fingerprint density at radius 2 is 1.21 bits per heavy atom. The van der Waals surface area contributed by atoms with Crippen LogP contribution in [0.3, 0.4) is 0 Å². The van der Waals surface area contributed by atoms with Gasteiger partial charge < -0.3 is 0 Å². The Kier molecular flexibility index (Phi) is 11.1. The topological polar surface area (TPSA) is 12.4 Å². The van der Waals surface area contributed by atoms with Crippen LogP contribution in [0.5, 0.6) is 0 Å². The van der Waals surface area contributed by atoms with E-state index in [1.165, 1.54) is 24.3 Å². The molecule has 0 aliphatic carbocycles. The van der Waals surface area contributed by atoms with Crippen LogP contribution in [0.25, 0.3) is 28.1 Å². The summed E-state index contributed by atoms with van der Waals surface area (Å²) in [6.45, 7) is 2.06. The van der Waals surface area contributed by atoms with E-state index in [0.29, 0.717) is 17.5 Å². The summed E-state index contributed by atoms with van der Waals surface area (Å²) in [5, 5.41) is 1.91. The van der Waals surface area contributed by atoms with E-state index in [2.05, 4.69) is 24.1 Å². The highest BCUT2D eigenvalue weighted by atomic mass is 32.1. The number of isothiocyanates is 1. The molecule has 1 nitrogen and oxygen atoms in total. The Balaban J connectivity index is 1.44. The van der Waals surface area contributed by atoms with E-state index < -0.39 is 40.6 Å². The largest absolute Gasteiger partial charge is 0.209 e. The Morgan fingerprint density at radius 1 is 0.674 bits per heavy atom. The van der Waals surface area contributed by atoms with Crippen LogP contribution in [0.2, 0.25) is 0 Å². The number of aliphatic imine (C=N–C) groups is 1. The maximum atomic E-state index is 14.9. The molecule has 4 aromatic rings. The second-order valence-corrected chi connectivity index (χ2v) is 10.4. The number of unbranched alkanes of at least 4 members (excludes halogenated alkanes) is 3. The Labute approximate surface area is 252 Å². The highest BCUT2D eigenvalue weighted by Crippen LogP contribution is 2.31. The van der Waals surface area contributed by atoms with E-state index in [-0.39, 0.29) is 36.0 Å². The molecule has 0 aliphatic rings. The maximum Gasteiger partial charge on any atom is 0.161 e. The number of rotatable bonds is 12. The molecular formula is C35H29F6NS. The highest BCUT2D eigenvalue weighted by Gasteiger charge is 2.15. The van der Waals surface area contributed by atoms with Crippen molar-refractivity contribution in [1.29, 1.82) is 0 Å². The quantitative estimate of drug-likeness (QED) is 0.0674. The highest BCUT2D eigenvalue weighted by molar-refractivity contribution is 7.78. The molecule has 0 fully saturated rings. The fourth-order valence-electron chi connectivity index (χ4n) is 4.83. The van der Waals surface area contributed by atoms with Crippen LogP contribution in [0, 0.1) is 23.3 Å². The molecule has 8 heteroatoms. The lowest BCUT2D eigenvalue weighted by Gasteiger charge is -2.10. The van der Waals surface area contributed by atoms with Crippen LogP contribution in [0.4, 0.5) is 32.0 Å². The molecule has 222 valence electrons. The van der Waals surface area contributed by atoms with E-state index in [1.54, 1.807) is 36.4 Å². The minimum Gasteiger partial charge on any atom is -0.209 e. The minimum absolute atomic E-state index is 0.00138. The number of allylic oxidation sites excluding steroid dienone is 1. The van der Waals surface area contributed by atoms with Crippen LogP contribution < -0.4 is 0 Å². The summed E-state index contributed by atoms with van der Waals surface area (Å²) in [6.07, 6.45) is 3.45. The zero-order chi connectivity index (χ0) is 30.9. The van der Waals surface area contributed by atoms with Crippen molar-refractivity contribution in [2.75, 3.05) is 0 Å². The normalized spacial score (nSPS) is 11.7. The molecule has 0 atom stereocenters. The van der Waals surface area contributed by atoms with Gasteiger partial charge >= 0.3 is 0 Å². The van der Waals surface area contributed by atoms with Crippen LogP contribution in [-0.4, -0.2) is 5.16 Å². The lowest BCUT2D eigenvalue weighted by Crippen LogP contribution is -2.01. The van der Waals surface area contributed by atoms with Crippen molar-refractivity contribution in [3.8, 4) is 22.3 Å². The lowest BCUT2D eigenvalue weighted by molar-refractivity contribution is 0.535. The molecule has 0 unspecified atom stereocenters. The number of hydrogen-bond donors (Lipinski definition) is 0. The van der Waals surface area contributed by atoms with Crippen molar-refractivity contribution < 1.29 is 26.3 Å². The van der Waals surface area contributed by atoms with Crippen molar-refractivity contribution in [2.24, 2.45) is 4.99 Å². The molecule has 4 rings (SSSR count). The van der Waals surface area contributed by atoms with Gasteiger partial charge in [0.25, 0.3) is 0 Å². The van der Waals surface area contributed by atoms with Gasteiger partial charge in [0, 0.05) is 17.5 Å². The maximum absolute atomic E-state index is 14.9. The van der Waals surface area contributed by atoms with Gasteiger partial charge in [0.05, 0.1) is 5.16 Å². The van der Waals surface area contributed by atoms with Gasteiger partial charge in [0.2, 0.25) is 0 Å². The monoisotopic (exact) mass is 609 g/mol. The van der Waals surface area contributed by atoms with Gasteiger partial charge in [0.15, 0.2) is 17.5 Å². The van der Waals surface area contributed by atoms with Crippen LogP contribution in [-0.2, 0) is 12.8 Å². The number of benzene rings is 4. The molecule has 0 aliphatic heterocycles. The molecule has 0 radical (unpaired) electrons. The van der Waals surface area contributed by atoms with Crippen molar-refractivity contribution in [3.63, 3.8) is 0 Å². The van der Waals surface area contributed by atoms with Crippen molar-refractivity contribution in [2.45, 2.75) is 51.9 Å². The molecule has 0 bridgehead atoms. The molecule has 0 heterocycles. The number of hydrogen-bond acceptors (Lipinski definition) is 2. The van der Waals surface area contributed by atoms with E-state index in [4.69, 9.17) is 0 Å². The summed E-state index contributed by atoms with van der Waals surface area (Å²) in [7, 11) is 0. The first-order chi connectivity index (χ1) is 20.7. The molecule has 4 aromatic carbocycles. The summed E-state index contributed by atoms with van der Waals surface area (Å²) in [4.78, 5) is 3.35. The first-order valence-corrected chi connectivity index (χ1v) is 14.4. The summed E-state index contributed by atoms with van der Waals surface area (Å²) in [5.41, 5.74) is 2.09. The van der Waals surface area contributed by atoms with Crippen LogP contribution >= 0.6 is 12.2 Å². The van der Waals surface area contributed by atoms with Crippen molar-refractivity contribution in [1.82, 2.24) is 0 Å². The number of thiocarbonyl (C=S) groups is 1. The SMILES string of the molecule is CCCCCC/C(F)=C(\F)c1ccc(-c2ccc(-c3cc(F)c(CCc4cc(F)c(N=C=S)c(F)c4)c(F)c3)cc2)cc1. The molecule has 0 N–H and O–H groups in total. The third-order valence-electron chi connectivity index (χ3n) is 7.22. The predicted molar refractivity (Wildman–Crippen MR) is 164 cm³/mol. The van der Waals surface area contributed by atoms with Gasteiger partial charge in [-0.15, -0.1) is 0 Å². The van der Waals surface area contributed by atoms with E-state index in [1.807, 2.05) is 5.16 Å². The molecule has 0 amide bonds. The van der Waals surface area contributed by atoms with E-state index >= 15 is 0 Å². The standard InChI is InChI=1S/C35H29F6NS/c1-2-3-4-5-6-29(36)34(41)26-14-12-24(13-15-26)23-8-10-25(11-9-23)27-19-30(37)28(31(38)20-27)16-7-22-17-32(39)35(42-21-43)33(40)18-22/h8-15,17-20H,2-7,16H2,1H3/b34-29+. The predicted octanol–water partition coefficient (Wildman–Crippen LogP) is 11.7. The van der Waals surface area contributed by atoms with Crippen molar-refractivity contribution >= 4 is 28.9 Å². The fraction of sp³-hybridized carbons (Fsp3) is 0.229. The Bertz CT molecular complexity index is 1610. The summed E-state index contributed by atoms with van der Waals surface area (Å²) >= 11 is 4.38. The number of nitrogens with zero attached hydrogens (tertiary/aromatic N) is 1. The second kappa shape index (κ2) is 14.9. The molecule has 0 spiro atoms. The first-order valence-electron chi connectivity index (χ1n) is 14.0. The molecule has 43 heavy (non-hydrogen) atoms. The number of halogens is 6. The van der Waals surface area contributed by atoms with E-state index in [9.17, 15) is 26.3 Å². The van der Waals surface area contributed by atoms with Crippen LogP contribution in [0.15, 0.2) is 83.6 Å². The third-order valence-corrected chi connectivity index (χ3v) is 7.31. The lowest BCUT2D eigenvalue weighted by atomic mass is 9.97. The van der Waals surface area contributed by atoms with E-state index in [0.717, 1.165) is 42.5 Å². The zero-order valence-corrected chi connectivity index (χ0v) is 24.3. The second-order valence-electron chi connectivity index (χ2n) is 10.2. The zero-order valence-electron chi connectivity index (χ0n) is 23.5. The van der Waals surface area contributed by atoms with Gasteiger partial charge in [0.1, 0.15) is 23.1 Å². The summed E-state index contributed by atoms with van der Waals surface area (Å²) < 4.78 is 86.8. The average Bonchev–Trinajstić information content (AvgIpc) is 3.00. The van der Waals surface area contributed by atoms with Gasteiger partial charge in [-0.25, -0.2) is 26.3 Å². The summed E-state index contributed by atoms with van der Waals surface area (Å²) in [6, 6.07) is 17.9. The Hall–Kier alpha value is -4.00. The molecule has 0 saturated heterocycles. The third kappa shape index (κ3) is 8.09. The van der Waals surface area contributed by atoms with Crippen LogP contribution in [0.1, 0.15) is 55.7 Å². The van der Waals surface area contributed by atoms with Crippen molar-refractivity contribution in [3.05, 3.63) is 119 Å². The average molecular weight is 610 g/mol. The molecule has 0 saturated carbocycles. The first kappa shape index (κ1) is 31.9. The van der Waals surface area contributed by atoms with Gasteiger partial charge in [-0.05, 0) is 83.6 Å². The fourth-order valence-corrected chi connectivity index (χ4v) is 4.92.